The number of nitro groups is 1. The SMILES string of the molecule is CCOC(=O)[C@@H](C)c1ccc([N+](=O)[O-])nc1C. The minimum absolute atomic E-state index is 0.220. The molecule has 0 aliphatic carbocycles. The van der Waals surface area contributed by atoms with E-state index in [1.165, 1.54) is 6.07 Å². The van der Waals surface area contributed by atoms with Crippen LogP contribution in [0.25, 0.3) is 0 Å². The highest BCUT2D eigenvalue weighted by molar-refractivity contribution is 5.78. The molecule has 0 saturated heterocycles. The quantitative estimate of drug-likeness (QED) is 0.455. The second-order valence-electron chi connectivity index (χ2n) is 3.57. The van der Waals surface area contributed by atoms with Crippen LogP contribution in [0.2, 0.25) is 0 Å². The van der Waals surface area contributed by atoms with Gasteiger partial charge in [-0.1, -0.05) is 0 Å². The molecule has 0 amide bonds. The lowest BCUT2D eigenvalue weighted by molar-refractivity contribution is -0.389. The zero-order valence-corrected chi connectivity index (χ0v) is 9.97. The van der Waals surface area contributed by atoms with E-state index in [0.29, 0.717) is 17.9 Å². The average Bonchev–Trinajstić information content (AvgIpc) is 2.28. The summed E-state index contributed by atoms with van der Waals surface area (Å²) in [6, 6.07) is 2.83. The van der Waals surface area contributed by atoms with Crippen molar-refractivity contribution < 1.29 is 14.5 Å². The summed E-state index contributed by atoms with van der Waals surface area (Å²) in [4.78, 5) is 25.3. The van der Waals surface area contributed by atoms with Gasteiger partial charge in [0.15, 0.2) is 5.69 Å². The zero-order valence-electron chi connectivity index (χ0n) is 9.97. The minimum atomic E-state index is -0.564. The van der Waals surface area contributed by atoms with E-state index in [-0.39, 0.29) is 11.8 Å². The van der Waals surface area contributed by atoms with Crippen LogP contribution >= 0.6 is 0 Å². The summed E-state index contributed by atoms with van der Waals surface area (Å²) in [5.41, 5.74) is 1.12. The number of aromatic nitrogens is 1. The lowest BCUT2D eigenvalue weighted by Crippen LogP contribution is -2.14. The van der Waals surface area contributed by atoms with Gasteiger partial charge in [-0.15, -0.1) is 0 Å². The van der Waals surface area contributed by atoms with Crippen LogP contribution in [-0.2, 0) is 9.53 Å². The largest absolute Gasteiger partial charge is 0.466 e. The first-order valence-electron chi connectivity index (χ1n) is 5.26. The predicted molar refractivity (Wildman–Crippen MR) is 60.7 cm³/mol. The molecule has 0 bridgehead atoms. The third-order valence-electron chi connectivity index (χ3n) is 2.41. The molecule has 1 aromatic heterocycles. The first-order chi connectivity index (χ1) is 7.97. The lowest BCUT2D eigenvalue weighted by atomic mass is 10.0. The molecule has 0 spiro atoms. The van der Waals surface area contributed by atoms with Gasteiger partial charge >= 0.3 is 11.8 Å². The molecule has 6 nitrogen and oxygen atoms in total. The van der Waals surface area contributed by atoms with Gasteiger partial charge in [-0.2, -0.15) is 0 Å². The van der Waals surface area contributed by atoms with Crippen LogP contribution in [0.3, 0.4) is 0 Å². The average molecular weight is 238 g/mol. The Kier molecular flexibility index (Phi) is 4.14. The minimum Gasteiger partial charge on any atom is -0.466 e. The summed E-state index contributed by atoms with van der Waals surface area (Å²) in [6.45, 7) is 5.36. The second kappa shape index (κ2) is 5.38. The Labute approximate surface area is 98.8 Å². The Morgan fingerprint density at radius 1 is 1.59 bits per heavy atom. The van der Waals surface area contributed by atoms with Crippen LogP contribution in [0.1, 0.15) is 31.0 Å². The first-order valence-corrected chi connectivity index (χ1v) is 5.26. The molecule has 1 heterocycles. The molecule has 0 saturated carbocycles. The molecule has 0 aliphatic rings. The van der Waals surface area contributed by atoms with Crippen molar-refractivity contribution in [2.24, 2.45) is 0 Å². The number of aryl methyl sites for hydroxylation is 1. The molecule has 0 unspecified atom stereocenters. The van der Waals surface area contributed by atoms with Gasteiger partial charge < -0.3 is 14.9 Å². The number of esters is 1. The van der Waals surface area contributed by atoms with Crippen molar-refractivity contribution >= 4 is 11.8 Å². The van der Waals surface area contributed by atoms with Gasteiger partial charge in [-0.25, -0.2) is 0 Å². The molecular formula is C11H14N2O4. The number of carbonyl (C=O) groups is 1. The summed E-state index contributed by atoms with van der Waals surface area (Å²) >= 11 is 0. The maximum absolute atomic E-state index is 11.5. The van der Waals surface area contributed by atoms with Gasteiger partial charge in [0.25, 0.3) is 0 Å². The van der Waals surface area contributed by atoms with Crippen LogP contribution in [0, 0.1) is 17.0 Å². The summed E-state index contributed by atoms with van der Waals surface area (Å²) in [5.74, 6) is -1.04. The van der Waals surface area contributed by atoms with Crippen LogP contribution < -0.4 is 0 Å². The summed E-state index contributed by atoms with van der Waals surface area (Å²) < 4.78 is 4.89. The van der Waals surface area contributed by atoms with Crippen molar-refractivity contribution in [3.63, 3.8) is 0 Å². The van der Waals surface area contributed by atoms with Crippen molar-refractivity contribution in [2.45, 2.75) is 26.7 Å². The summed E-state index contributed by atoms with van der Waals surface area (Å²) in [6.07, 6.45) is 0. The van der Waals surface area contributed by atoms with E-state index in [0.717, 1.165) is 0 Å². The van der Waals surface area contributed by atoms with E-state index in [1.807, 2.05) is 0 Å². The van der Waals surface area contributed by atoms with Crippen LogP contribution in [-0.4, -0.2) is 22.5 Å². The predicted octanol–water partition coefficient (Wildman–Crippen LogP) is 1.96. The van der Waals surface area contributed by atoms with Crippen LogP contribution in [0.5, 0.6) is 0 Å². The molecule has 0 radical (unpaired) electrons. The molecule has 0 aliphatic heterocycles. The number of carbonyl (C=O) groups excluding carboxylic acids is 1. The molecular weight excluding hydrogens is 224 g/mol. The molecule has 92 valence electrons. The third kappa shape index (κ3) is 2.99. The standard InChI is InChI=1S/C11H14N2O4/c1-4-17-11(14)7(2)9-5-6-10(13(15)16)12-8(9)3/h5-7H,4H2,1-3H3/t7-/m0/s1. The lowest BCUT2D eigenvalue weighted by Gasteiger charge is -2.10. The van der Waals surface area contributed by atoms with Gasteiger partial charge in [0.05, 0.1) is 12.5 Å². The highest BCUT2D eigenvalue weighted by Crippen LogP contribution is 2.22. The highest BCUT2D eigenvalue weighted by Gasteiger charge is 2.22. The van der Waals surface area contributed by atoms with Gasteiger partial charge in [0.1, 0.15) is 0 Å². The zero-order chi connectivity index (χ0) is 13.0. The van der Waals surface area contributed by atoms with Crippen molar-refractivity contribution in [2.75, 3.05) is 6.61 Å². The van der Waals surface area contributed by atoms with Crippen molar-refractivity contribution in [1.82, 2.24) is 4.98 Å². The Hall–Kier alpha value is -1.98. The number of nitrogens with zero attached hydrogens (tertiary/aromatic N) is 2. The van der Waals surface area contributed by atoms with Crippen molar-refractivity contribution in [3.8, 4) is 0 Å². The summed E-state index contributed by atoms with van der Waals surface area (Å²) in [7, 11) is 0. The maximum atomic E-state index is 11.5. The van der Waals surface area contributed by atoms with Gasteiger partial charge in [-0.3, -0.25) is 4.79 Å². The third-order valence-corrected chi connectivity index (χ3v) is 2.41. The Morgan fingerprint density at radius 3 is 2.71 bits per heavy atom. The Balaban J connectivity index is 2.99. The van der Waals surface area contributed by atoms with E-state index in [4.69, 9.17) is 4.74 Å². The first kappa shape index (κ1) is 13.1. The van der Waals surface area contributed by atoms with Crippen LogP contribution in [0.15, 0.2) is 12.1 Å². The highest BCUT2D eigenvalue weighted by atomic mass is 16.6. The molecule has 6 heteroatoms. The second-order valence-corrected chi connectivity index (χ2v) is 3.57. The molecule has 0 aromatic carbocycles. The van der Waals surface area contributed by atoms with Gasteiger partial charge in [0, 0.05) is 18.6 Å². The fraction of sp³-hybridized carbons (Fsp3) is 0.455. The normalized spacial score (nSPS) is 11.9. The molecule has 1 atom stereocenters. The van der Waals surface area contributed by atoms with E-state index in [9.17, 15) is 14.9 Å². The molecule has 17 heavy (non-hydrogen) atoms. The summed E-state index contributed by atoms with van der Waals surface area (Å²) in [5, 5.41) is 10.5. The van der Waals surface area contributed by atoms with E-state index in [1.54, 1.807) is 26.8 Å². The number of pyridine rings is 1. The fourth-order valence-corrected chi connectivity index (χ4v) is 1.51. The van der Waals surface area contributed by atoms with Gasteiger partial charge in [-0.05, 0) is 29.8 Å². The topological polar surface area (TPSA) is 82.3 Å². The van der Waals surface area contributed by atoms with Crippen molar-refractivity contribution in [3.05, 3.63) is 33.5 Å². The molecule has 0 N–H and O–H groups in total. The Bertz CT molecular complexity index is 445. The number of ether oxygens (including phenoxy) is 1. The number of hydrogen-bond acceptors (Lipinski definition) is 5. The smallest absolute Gasteiger partial charge is 0.363 e. The van der Waals surface area contributed by atoms with E-state index >= 15 is 0 Å². The molecule has 1 aromatic rings. The number of rotatable bonds is 4. The molecule has 1 rings (SSSR count). The monoisotopic (exact) mass is 238 g/mol. The van der Waals surface area contributed by atoms with Gasteiger partial charge in [0.2, 0.25) is 0 Å². The molecule has 0 fully saturated rings. The van der Waals surface area contributed by atoms with Crippen molar-refractivity contribution in [1.29, 1.82) is 0 Å². The van der Waals surface area contributed by atoms with E-state index < -0.39 is 10.8 Å². The Morgan fingerprint density at radius 2 is 2.24 bits per heavy atom. The number of hydrogen-bond donors (Lipinski definition) is 0. The van der Waals surface area contributed by atoms with Crippen LogP contribution in [0.4, 0.5) is 5.82 Å². The van der Waals surface area contributed by atoms with E-state index in [2.05, 4.69) is 4.98 Å². The maximum Gasteiger partial charge on any atom is 0.363 e. The fourth-order valence-electron chi connectivity index (χ4n) is 1.51.